The maximum absolute atomic E-state index is 12.2. The zero-order chi connectivity index (χ0) is 21.4. The van der Waals surface area contributed by atoms with Gasteiger partial charge in [-0.1, -0.05) is 23.2 Å². The average Bonchev–Trinajstić information content (AvgIpc) is 2.67. The molecule has 0 aromatic heterocycles. The second kappa shape index (κ2) is 11.2. The third-order valence-electron chi connectivity index (χ3n) is 4.13. The van der Waals surface area contributed by atoms with Gasteiger partial charge < -0.3 is 25.0 Å². The molecule has 0 spiro atoms. The highest BCUT2D eigenvalue weighted by Gasteiger charge is 2.33. The Balaban J connectivity index is 1.80. The van der Waals surface area contributed by atoms with Crippen LogP contribution in [0, 0.1) is 0 Å². The van der Waals surface area contributed by atoms with E-state index in [2.05, 4.69) is 15.4 Å². The first-order chi connectivity index (χ1) is 13.8. The summed E-state index contributed by atoms with van der Waals surface area (Å²) in [5.74, 6) is -0.712. The minimum absolute atomic E-state index is 0.0976. The molecule has 0 aliphatic carbocycles. The predicted molar refractivity (Wildman–Crippen MR) is 112 cm³/mol. The molecule has 0 saturated carbocycles. The summed E-state index contributed by atoms with van der Waals surface area (Å²) < 4.78 is 10.2. The fraction of sp³-hybridized carbons (Fsp3) is 0.444. The Morgan fingerprint density at radius 1 is 1.38 bits per heavy atom. The van der Waals surface area contributed by atoms with Gasteiger partial charge in [0, 0.05) is 24.5 Å². The van der Waals surface area contributed by atoms with E-state index in [-0.39, 0.29) is 36.4 Å². The lowest BCUT2D eigenvalue weighted by Crippen LogP contribution is -2.60. The van der Waals surface area contributed by atoms with Crippen molar-refractivity contribution < 1.29 is 23.9 Å². The molecule has 1 unspecified atom stereocenters. The van der Waals surface area contributed by atoms with Gasteiger partial charge >= 0.3 is 5.97 Å². The van der Waals surface area contributed by atoms with Gasteiger partial charge in [0.05, 0.1) is 25.2 Å². The Kier molecular flexibility index (Phi) is 8.94. The lowest BCUT2D eigenvalue weighted by Gasteiger charge is -2.36. The molecule has 0 radical (unpaired) electrons. The van der Waals surface area contributed by atoms with E-state index in [0.29, 0.717) is 35.3 Å². The number of benzene rings is 1. The number of esters is 1. The number of carbonyl (C=O) groups is 3. The van der Waals surface area contributed by atoms with Crippen LogP contribution in [-0.2, 0) is 19.1 Å². The van der Waals surface area contributed by atoms with E-state index in [1.165, 1.54) is 12.0 Å². The number of rotatable bonds is 7. The molecule has 1 aliphatic heterocycles. The maximum atomic E-state index is 12.2. The molecule has 2 rings (SSSR count). The molecule has 0 bridgehead atoms. The Morgan fingerprint density at radius 3 is 2.83 bits per heavy atom. The Hall–Kier alpha value is -2.10. The van der Waals surface area contributed by atoms with Crippen molar-refractivity contribution in [3.05, 3.63) is 28.2 Å². The number of hydrogen-bond donors (Lipinski definition) is 2. The summed E-state index contributed by atoms with van der Waals surface area (Å²) in [6, 6.07) is 4.07. The van der Waals surface area contributed by atoms with E-state index in [0.717, 1.165) is 0 Å². The zero-order valence-corrected chi connectivity index (χ0v) is 18.0. The summed E-state index contributed by atoms with van der Waals surface area (Å²) in [7, 11) is 1.24. The predicted octanol–water partition coefficient (Wildman–Crippen LogP) is 1.92. The summed E-state index contributed by atoms with van der Waals surface area (Å²) in [6.45, 7) is 1.02. The summed E-state index contributed by atoms with van der Waals surface area (Å²) in [4.78, 5) is 37.3. The molecule has 1 aromatic carbocycles. The molecule has 1 atom stereocenters. The van der Waals surface area contributed by atoms with E-state index in [4.69, 9.17) is 40.2 Å². The van der Waals surface area contributed by atoms with E-state index in [1.54, 1.807) is 18.2 Å². The molecular weight excluding hydrogens is 441 g/mol. The van der Waals surface area contributed by atoms with Crippen LogP contribution in [0.4, 0.5) is 0 Å². The van der Waals surface area contributed by atoms with Crippen molar-refractivity contribution in [3.8, 4) is 5.75 Å². The molecule has 2 amide bonds. The molecule has 158 valence electrons. The second-order valence-electron chi connectivity index (χ2n) is 6.16. The normalized spacial score (nSPS) is 16.0. The molecule has 1 aliphatic rings. The third kappa shape index (κ3) is 7.02. The monoisotopic (exact) mass is 461 g/mol. The van der Waals surface area contributed by atoms with E-state index < -0.39 is 12.0 Å². The molecule has 1 saturated heterocycles. The van der Waals surface area contributed by atoms with Crippen LogP contribution in [0.25, 0.3) is 0 Å². The molecule has 8 nitrogen and oxygen atoms in total. The number of amides is 2. The fourth-order valence-corrected chi connectivity index (χ4v) is 3.46. The van der Waals surface area contributed by atoms with Crippen LogP contribution < -0.4 is 15.4 Å². The number of ether oxygens (including phenoxy) is 2. The first-order valence-corrected chi connectivity index (χ1v) is 10.0. The summed E-state index contributed by atoms with van der Waals surface area (Å²) in [5, 5.41) is 6.26. The number of carbonyl (C=O) groups excluding carboxylic acids is 3. The molecule has 1 heterocycles. The average molecular weight is 462 g/mol. The van der Waals surface area contributed by atoms with Gasteiger partial charge in [0.15, 0.2) is 5.11 Å². The van der Waals surface area contributed by atoms with E-state index in [9.17, 15) is 14.4 Å². The number of hydrogen-bond acceptors (Lipinski definition) is 6. The minimum atomic E-state index is -0.820. The van der Waals surface area contributed by atoms with Crippen LogP contribution in [0.3, 0.4) is 0 Å². The van der Waals surface area contributed by atoms with Gasteiger partial charge in [-0.3, -0.25) is 14.4 Å². The van der Waals surface area contributed by atoms with Gasteiger partial charge in [-0.05, 0) is 36.8 Å². The first-order valence-electron chi connectivity index (χ1n) is 8.84. The summed E-state index contributed by atoms with van der Waals surface area (Å²) >= 11 is 17.1. The van der Waals surface area contributed by atoms with Crippen LogP contribution >= 0.6 is 35.4 Å². The number of nitrogens with one attached hydrogen (secondary N) is 2. The van der Waals surface area contributed by atoms with Gasteiger partial charge in [-0.2, -0.15) is 0 Å². The van der Waals surface area contributed by atoms with Crippen molar-refractivity contribution in [3.63, 3.8) is 0 Å². The van der Waals surface area contributed by atoms with E-state index in [1.807, 2.05) is 0 Å². The minimum Gasteiger partial charge on any atom is -0.492 e. The smallest absolute Gasteiger partial charge is 0.308 e. The molecule has 2 N–H and O–H groups in total. The van der Waals surface area contributed by atoms with Crippen LogP contribution in [-0.4, -0.2) is 60.6 Å². The number of nitrogens with zero attached hydrogens (tertiary/aromatic N) is 1. The topological polar surface area (TPSA) is 97.0 Å². The van der Waals surface area contributed by atoms with E-state index >= 15 is 0 Å². The van der Waals surface area contributed by atoms with Crippen molar-refractivity contribution in [2.45, 2.75) is 25.3 Å². The van der Waals surface area contributed by atoms with Crippen molar-refractivity contribution in [1.29, 1.82) is 0 Å². The number of piperazine rings is 1. The Bertz CT molecular complexity index is 793. The zero-order valence-electron chi connectivity index (χ0n) is 15.7. The number of halogens is 2. The number of thiocarbonyl (C=S) groups is 1. The standard InChI is InChI=1S/C18H21Cl2N3O5S/c1-27-16(25)10-13-17(26)21-6-7-23(13)18(29)22-15(24)3-2-8-28-14-5-4-11(19)9-12(14)20/h4-5,9,13H,2-3,6-8,10H2,1H3,(H,21,26)(H,22,24,29). The second-order valence-corrected chi connectivity index (χ2v) is 7.39. The molecular formula is C18H21Cl2N3O5S. The third-order valence-corrected chi connectivity index (χ3v) is 4.99. The SMILES string of the molecule is COC(=O)CC1C(=O)NCCN1C(=S)NC(=O)CCCOc1ccc(Cl)cc1Cl. The van der Waals surface area contributed by atoms with Crippen LogP contribution in [0.1, 0.15) is 19.3 Å². The van der Waals surface area contributed by atoms with Gasteiger partial charge in [-0.25, -0.2) is 0 Å². The van der Waals surface area contributed by atoms with Crippen molar-refractivity contribution in [2.75, 3.05) is 26.8 Å². The van der Waals surface area contributed by atoms with Gasteiger partial charge in [-0.15, -0.1) is 0 Å². The fourth-order valence-electron chi connectivity index (χ4n) is 2.66. The highest BCUT2D eigenvalue weighted by molar-refractivity contribution is 7.80. The highest BCUT2D eigenvalue weighted by atomic mass is 35.5. The highest BCUT2D eigenvalue weighted by Crippen LogP contribution is 2.27. The number of methoxy groups -OCH3 is 1. The van der Waals surface area contributed by atoms with Gasteiger partial charge in [0.25, 0.3) is 0 Å². The van der Waals surface area contributed by atoms with Gasteiger partial charge in [0.1, 0.15) is 11.8 Å². The summed E-state index contributed by atoms with van der Waals surface area (Å²) in [5.41, 5.74) is 0. The molecule has 29 heavy (non-hydrogen) atoms. The lowest BCUT2D eigenvalue weighted by molar-refractivity contribution is -0.144. The van der Waals surface area contributed by atoms with Crippen molar-refractivity contribution >= 4 is 58.3 Å². The maximum Gasteiger partial charge on any atom is 0.308 e. The molecule has 11 heteroatoms. The van der Waals surface area contributed by atoms with Crippen molar-refractivity contribution in [1.82, 2.24) is 15.5 Å². The van der Waals surface area contributed by atoms with Crippen LogP contribution in [0.2, 0.25) is 10.0 Å². The van der Waals surface area contributed by atoms with Crippen LogP contribution in [0.5, 0.6) is 5.75 Å². The molecule has 1 fully saturated rings. The Labute approximate surface area is 183 Å². The summed E-state index contributed by atoms with van der Waals surface area (Å²) in [6.07, 6.45) is 0.431. The Morgan fingerprint density at radius 2 is 2.14 bits per heavy atom. The lowest BCUT2D eigenvalue weighted by atomic mass is 10.1. The first kappa shape index (κ1) is 23.2. The molecule has 1 aromatic rings. The van der Waals surface area contributed by atoms with Crippen LogP contribution in [0.15, 0.2) is 18.2 Å². The van der Waals surface area contributed by atoms with Crippen molar-refractivity contribution in [2.24, 2.45) is 0 Å². The van der Waals surface area contributed by atoms with Gasteiger partial charge in [0.2, 0.25) is 11.8 Å². The quantitative estimate of drug-likeness (QED) is 0.363. The largest absolute Gasteiger partial charge is 0.492 e.